The van der Waals surface area contributed by atoms with Crippen molar-refractivity contribution in [2.75, 3.05) is 5.32 Å². The number of benzene rings is 1. The summed E-state index contributed by atoms with van der Waals surface area (Å²) in [6.07, 6.45) is 4.59. The molecular weight excluding hydrogens is 296 g/mol. The normalized spacial score (nSPS) is 22.2. The van der Waals surface area contributed by atoms with Crippen molar-refractivity contribution in [2.45, 2.75) is 56.2 Å². The molecule has 0 aliphatic heterocycles. The van der Waals surface area contributed by atoms with Gasteiger partial charge >= 0.3 is 5.76 Å². The van der Waals surface area contributed by atoms with Gasteiger partial charge in [0, 0.05) is 11.7 Å². The Morgan fingerprint density at radius 2 is 1.81 bits per heavy atom. The Morgan fingerprint density at radius 1 is 1.19 bits per heavy atom. The van der Waals surface area contributed by atoms with Crippen LogP contribution in [0, 0.1) is 5.41 Å². The number of hydrogen-bond donors (Lipinski definition) is 1. The van der Waals surface area contributed by atoms with Crippen LogP contribution in [0.5, 0.6) is 0 Å². The average Bonchev–Trinajstić information content (AvgIpc) is 2.41. The van der Waals surface area contributed by atoms with E-state index in [1.165, 1.54) is 25.0 Å². The maximum atomic E-state index is 12.5. The van der Waals surface area contributed by atoms with Gasteiger partial charge in [-0.2, -0.15) is 8.78 Å². The SMILES string of the molecule is CC1(C)CCCCC1Nc1ccc(S(=O)(=O)C(F)F)cc1. The van der Waals surface area contributed by atoms with Crippen molar-refractivity contribution in [3.63, 3.8) is 0 Å². The lowest BCUT2D eigenvalue weighted by atomic mass is 9.73. The fourth-order valence-corrected chi connectivity index (χ4v) is 3.53. The molecule has 2 rings (SSSR count). The smallest absolute Gasteiger partial charge is 0.341 e. The van der Waals surface area contributed by atoms with Gasteiger partial charge in [-0.3, -0.25) is 0 Å². The van der Waals surface area contributed by atoms with E-state index >= 15 is 0 Å². The van der Waals surface area contributed by atoms with Crippen LogP contribution in [0.15, 0.2) is 29.2 Å². The van der Waals surface area contributed by atoms with Crippen molar-refractivity contribution in [1.82, 2.24) is 0 Å². The minimum atomic E-state index is -4.51. The highest BCUT2D eigenvalue weighted by molar-refractivity contribution is 7.91. The molecule has 1 saturated carbocycles. The molecule has 1 aromatic rings. The Hall–Kier alpha value is -1.17. The first-order valence-corrected chi connectivity index (χ1v) is 8.67. The summed E-state index contributed by atoms with van der Waals surface area (Å²) in [7, 11) is -4.51. The Balaban J connectivity index is 2.13. The van der Waals surface area contributed by atoms with Crippen molar-refractivity contribution < 1.29 is 17.2 Å². The monoisotopic (exact) mass is 317 g/mol. The van der Waals surface area contributed by atoms with Crippen molar-refractivity contribution in [3.8, 4) is 0 Å². The van der Waals surface area contributed by atoms with E-state index in [1.54, 1.807) is 12.1 Å². The molecule has 1 aliphatic carbocycles. The highest BCUT2D eigenvalue weighted by atomic mass is 32.2. The molecule has 0 saturated heterocycles. The van der Waals surface area contributed by atoms with Crippen LogP contribution in [0.25, 0.3) is 0 Å². The van der Waals surface area contributed by atoms with Crippen LogP contribution >= 0.6 is 0 Å². The van der Waals surface area contributed by atoms with E-state index < -0.39 is 15.6 Å². The Morgan fingerprint density at radius 3 is 2.33 bits per heavy atom. The van der Waals surface area contributed by atoms with Crippen LogP contribution in [0.4, 0.5) is 14.5 Å². The topological polar surface area (TPSA) is 46.2 Å². The third-order valence-electron chi connectivity index (χ3n) is 4.27. The third kappa shape index (κ3) is 3.54. The predicted molar refractivity (Wildman–Crippen MR) is 79.3 cm³/mol. The standard InChI is InChI=1S/C15H21F2NO2S/c1-15(2)10-4-3-5-13(15)18-11-6-8-12(9-7-11)21(19,20)14(16)17/h6-9,13-14,18H,3-5,10H2,1-2H3. The molecule has 6 heteroatoms. The molecule has 0 radical (unpaired) electrons. The molecule has 118 valence electrons. The molecule has 0 spiro atoms. The number of hydrogen-bond acceptors (Lipinski definition) is 3. The first-order chi connectivity index (χ1) is 9.73. The zero-order valence-corrected chi connectivity index (χ0v) is 13.1. The van der Waals surface area contributed by atoms with Gasteiger partial charge in [-0.05, 0) is 42.5 Å². The Labute approximate surface area is 124 Å². The van der Waals surface area contributed by atoms with Crippen molar-refractivity contribution in [3.05, 3.63) is 24.3 Å². The molecule has 0 heterocycles. The number of nitrogens with one attached hydrogen (secondary N) is 1. The van der Waals surface area contributed by atoms with E-state index in [9.17, 15) is 17.2 Å². The fourth-order valence-electron chi connectivity index (χ4n) is 2.81. The largest absolute Gasteiger partial charge is 0.382 e. The molecular formula is C15H21F2NO2S. The summed E-state index contributed by atoms with van der Waals surface area (Å²) in [5.41, 5.74) is 0.939. The molecule has 0 aromatic heterocycles. The molecule has 1 atom stereocenters. The van der Waals surface area contributed by atoms with E-state index in [4.69, 9.17) is 0 Å². The fraction of sp³-hybridized carbons (Fsp3) is 0.600. The summed E-state index contributed by atoms with van der Waals surface area (Å²) in [5, 5.41) is 3.40. The lowest BCUT2D eigenvalue weighted by Gasteiger charge is -2.39. The minimum Gasteiger partial charge on any atom is -0.382 e. The minimum absolute atomic E-state index is 0.173. The van der Waals surface area contributed by atoms with Crippen LogP contribution < -0.4 is 5.32 Å². The van der Waals surface area contributed by atoms with Crippen LogP contribution in [-0.2, 0) is 9.84 Å². The van der Waals surface area contributed by atoms with Gasteiger partial charge < -0.3 is 5.32 Å². The predicted octanol–water partition coefficient (Wildman–Crippen LogP) is 4.06. The van der Waals surface area contributed by atoms with Gasteiger partial charge in [0.15, 0.2) is 0 Å². The van der Waals surface area contributed by atoms with Gasteiger partial charge in [-0.25, -0.2) is 8.42 Å². The molecule has 1 unspecified atom stereocenters. The van der Waals surface area contributed by atoms with Crippen molar-refractivity contribution >= 4 is 15.5 Å². The van der Waals surface area contributed by atoms with E-state index in [0.717, 1.165) is 18.5 Å². The highest BCUT2D eigenvalue weighted by Gasteiger charge is 2.32. The maximum Gasteiger partial charge on any atom is 0.341 e. The van der Waals surface area contributed by atoms with E-state index in [-0.39, 0.29) is 10.3 Å². The number of rotatable bonds is 4. The van der Waals surface area contributed by atoms with E-state index in [1.807, 2.05) is 0 Å². The van der Waals surface area contributed by atoms with Gasteiger partial charge in [0.25, 0.3) is 0 Å². The third-order valence-corrected chi connectivity index (χ3v) is 5.66. The summed E-state index contributed by atoms with van der Waals surface area (Å²) in [6, 6.07) is 5.89. The zero-order valence-electron chi connectivity index (χ0n) is 12.3. The Bertz CT molecular complexity index is 582. The Kier molecular flexibility index (Phi) is 4.56. The summed E-state index contributed by atoms with van der Waals surface area (Å²) < 4.78 is 47.7. The molecule has 0 bridgehead atoms. The molecule has 0 amide bonds. The van der Waals surface area contributed by atoms with Crippen LogP contribution in [0.3, 0.4) is 0 Å². The molecule has 1 N–H and O–H groups in total. The second kappa shape index (κ2) is 5.91. The molecule has 1 fully saturated rings. The number of alkyl halides is 2. The second-order valence-corrected chi connectivity index (χ2v) is 8.18. The molecule has 21 heavy (non-hydrogen) atoms. The van der Waals surface area contributed by atoms with Crippen LogP contribution in [0.1, 0.15) is 39.5 Å². The number of halogens is 2. The van der Waals surface area contributed by atoms with E-state index in [2.05, 4.69) is 19.2 Å². The average molecular weight is 317 g/mol. The zero-order chi connectivity index (χ0) is 15.7. The summed E-state index contributed by atoms with van der Waals surface area (Å²) >= 11 is 0. The number of sulfone groups is 1. The first-order valence-electron chi connectivity index (χ1n) is 7.12. The second-order valence-electron chi connectivity index (χ2n) is 6.26. The summed E-state index contributed by atoms with van der Waals surface area (Å²) in [4.78, 5) is -0.342. The quantitative estimate of drug-likeness (QED) is 0.911. The molecule has 1 aromatic carbocycles. The number of anilines is 1. The molecule has 1 aliphatic rings. The maximum absolute atomic E-state index is 12.5. The first kappa shape index (κ1) is 16.2. The van der Waals surface area contributed by atoms with Gasteiger partial charge in [-0.1, -0.05) is 26.7 Å². The molecule has 3 nitrogen and oxygen atoms in total. The van der Waals surface area contributed by atoms with Gasteiger partial charge in [0.2, 0.25) is 9.84 Å². The lowest BCUT2D eigenvalue weighted by Crippen LogP contribution is -2.38. The van der Waals surface area contributed by atoms with Crippen LogP contribution in [-0.4, -0.2) is 20.2 Å². The van der Waals surface area contributed by atoms with Gasteiger partial charge in [0.05, 0.1) is 4.90 Å². The highest BCUT2D eigenvalue weighted by Crippen LogP contribution is 2.37. The van der Waals surface area contributed by atoms with Crippen LogP contribution in [0.2, 0.25) is 0 Å². The lowest BCUT2D eigenvalue weighted by molar-refractivity contribution is 0.217. The summed E-state index contributed by atoms with van der Waals surface area (Å²) in [5.74, 6) is -3.38. The summed E-state index contributed by atoms with van der Waals surface area (Å²) in [6.45, 7) is 4.42. The van der Waals surface area contributed by atoms with Gasteiger partial charge in [-0.15, -0.1) is 0 Å². The van der Waals surface area contributed by atoms with E-state index in [0.29, 0.717) is 6.04 Å². The van der Waals surface area contributed by atoms with Crippen molar-refractivity contribution in [2.24, 2.45) is 5.41 Å². The van der Waals surface area contributed by atoms with Gasteiger partial charge in [0.1, 0.15) is 0 Å². The van der Waals surface area contributed by atoms with Crippen molar-refractivity contribution in [1.29, 1.82) is 0 Å².